The van der Waals surface area contributed by atoms with Gasteiger partial charge in [-0.2, -0.15) is 0 Å². The Labute approximate surface area is 193 Å². The van der Waals surface area contributed by atoms with Gasteiger partial charge in [-0.15, -0.1) is 0 Å². The first kappa shape index (κ1) is 25.9. The van der Waals surface area contributed by atoms with Gasteiger partial charge in [0, 0.05) is 0 Å². The fraction of sp³-hybridized carbons (Fsp3) is 0.519. The molecule has 0 fully saturated rings. The van der Waals surface area contributed by atoms with E-state index in [9.17, 15) is 9.18 Å². The average Bonchev–Trinajstić information content (AvgIpc) is 2.79. The monoisotopic (exact) mass is 534 g/mol. The summed E-state index contributed by atoms with van der Waals surface area (Å²) in [6, 6.07) is 14.7. The molecule has 0 radical (unpaired) electrons. The molecule has 2 rings (SSSR count). The van der Waals surface area contributed by atoms with Gasteiger partial charge in [-0.25, -0.2) is 0 Å². The first-order valence-electron chi connectivity index (χ1n) is 12.0. The summed E-state index contributed by atoms with van der Waals surface area (Å²) in [5, 5.41) is 0. The summed E-state index contributed by atoms with van der Waals surface area (Å²) in [6.07, 6.45) is 6.84. The molecule has 0 aliphatic heterocycles. The van der Waals surface area contributed by atoms with E-state index in [-0.39, 0.29) is 11.8 Å². The molecule has 0 spiro atoms. The summed E-state index contributed by atoms with van der Waals surface area (Å²) in [5.74, 6) is -0.882. The zero-order chi connectivity index (χ0) is 22.7. The maximum absolute atomic E-state index is 14.9. The first-order chi connectivity index (χ1) is 15.0. The van der Waals surface area contributed by atoms with Gasteiger partial charge in [0.1, 0.15) is 0 Å². The van der Waals surface area contributed by atoms with Gasteiger partial charge < -0.3 is 0 Å². The van der Waals surface area contributed by atoms with Crippen molar-refractivity contribution in [2.75, 3.05) is 0 Å². The van der Waals surface area contributed by atoms with Gasteiger partial charge >= 0.3 is 194 Å². The van der Waals surface area contributed by atoms with Crippen molar-refractivity contribution in [3.05, 3.63) is 59.9 Å². The van der Waals surface area contributed by atoms with Crippen LogP contribution in [-0.4, -0.2) is 24.8 Å². The average molecular weight is 533 g/mol. The normalized spacial score (nSPS) is 12.5. The third-order valence-electron chi connectivity index (χ3n) is 6.21. The number of rotatable bonds is 13. The maximum atomic E-state index is 14.9. The van der Waals surface area contributed by atoms with E-state index in [1.54, 1.807) is 6.07 Å². The van der Waals surface area contributed by atoms with Crippen molar-refractivity contribution < 1.29 is 12.3 Å². The summed E-state index contributed by atoms with van der Waals surface area (Å²) >= 11 is -3.03. The van der Waals surface area contributed by atoms with Crippen molar-refractivity contribution >= 4 is 24.8 Å². The van der Waals surface area contributed by atoms with Crippen LogP contribution < -0.4 is 0 Å². The van der Waals surface area contributed by atoms with Gasteiger partial charge in [0.15, 0.2) is 0 Å². The van der Waals surface area contributed by atoms with Crippen molar-refractivity contribution in [2.24, 2.45) is 0 Å². The number of hydrogen-bond acceptors (Lipinski definition) is 2. The van der Waals surface area contributed by atoms with Crippen LogP contribution in [0, 0.1) is 5.82 Å². The Balaban J connectivity index is 2.21. The molecule has 170 valence electrons. The van der Waals surface area contributed by atoms with Crippen LogP contribution in [0.25, 0.3) is 11.1 Å². The Morgan fingerprint density at radius 1 is 0.903 bits per heavy atom. The van der Waals surface area contributed by atoms with E-state index in [0.29, 0.717) is 11.1 Å². The minimum absolute atomic E-state index is 0.147. The molecule has 0 N–H and O–H groups in total. The second kappa shape index (κ2) is 13.2. The van der Waals surface area contributed by atoms with E-state index in [4.69, 9.17) is 3.07 Å². The van der Waals surface area contributed by atoms with Crippen molar-refractivity contribution in [3.63, 3.8) is 0 Å². The molecule has 2 aromatic carbocycles. The molecule has 0 aliphatic carbocycles. The van der Waals surface area contributed by atoms with Crippen LogP contribution in [0.1, 0.15) is 77.7 Å². The first-order valence-corrected chi connectivity index (χ1v) is 19.3. The van der Waals surface area contributed by atoms with Gasteiger partial charge in [0.05, 0.1) is 0 Å². The fourth-order valence-corrected chi connectivity index (χ4v) is 17.4. The van der Waals surface area contributed by atoms with Crippen LogP contribution in [0.5, 0.6) is 0 Å². The molecule has 0 aromatic heterocycles. The van der Waals surface area contributed by atoms with E-state index < -0.39 is 24.7 Å². The Kier molecular flexibility index (Phi) is 11.1. The van der Waals surface area contributed by atoms with Gasteiger partial charge in [0.25, 0.3) is 0 Å². The molecule has 0 saturated heterocycles. The number of halogens is 1. The second-order valence-corrected chi connectivity index (χ2v) is 20.4. The zero-order valence-electron chi connectivity index (χ0n) is 19.8. The summed E-state index contributed by atoms with van der Waals surface area (Å²) in [4.78, 5) is 13.2. The van der Waals surface area contributed by atoms with Crippen LogP contribution in [0.4, 0.5) is 4.39 Å². The molecule has 1 atom stereocenters. The number of carbonyl (C=O) groups is 1. The van der Waals surface area contributed by atoms with Gasteiger partial charge in [0.2, 0.25) is 0 Å². The minimum atomic E-state index is -3.03. The number of unbranched alkanes of at least 4 members (excludes halogenated alkanes) is 3. The molecule has 0 saturated carbocycles. The van der Waals surface area contributed by atoms with Gasteiger partial charge in [-0.1, -0.05) is 0 Å². The van der Waals surface area contributed by atoms with E-state index >= 15 is 0 Å². The quantitative estimate of drug-likeness (QED) is 0.242. The second-order valence-electron chi connectivity index (χ2n) is 8.74. The summed E-state index contributed by atoms with van der Waals surface area (Å²) in [7, 11) is 0. The Morgan fingerprint density at radius 2 is 1.45 bits per heavy atom. The van der Waals surface area contributed by atoms with Crippen LogP contribution in [0.15, 0.2) is 48.5 Å². The third kappa shape index (κ3) is 7.62. The van der Waals surface area contributed by atoms with Crippen LogP contribution in [0.3, 0.4) is 0 Å². The fourth-order valence-electron chi connectivity index (χ4n) is 4.12. The Hall–Kier alpha value is -1.36. The van der Waals surface area contributed by atoms with E-state index in [0.717, 1.165) is 57.4 Å². The topological polar surface area (TPSA) is 26.3 Å². The number of carbonyl (C=O) groups excluding carboxylic acids is 1. The molecule has 2 aromatic rings. The molecule has 31 heavy (non-hydrogen) atoms. The molecular weight excluding hydrogens is 494 g/mol. The molecule has 0 bridgehead atoms. The van der Waals surface area contributed by atoms with Crippen LogP contribution in [0.2, 0.25) is 13.3 Å². The van der Waals surface area contributed by atoms with Crippen molar-refractivity contribution in [1.82, 2.24) is 0 Å². The molecule has 0 aliphatic rings. The van der Waals surface area contributed by atoms with Crippen molar-refractivity contribution in [2.45, 2.75) is 85.4 Å². The standard InChI is InChI=1S/C15H13FO2.3C4H9.Sn/c1-10(15(17)18)12-7-8-13(14(16)9-12)11-5-3-2-4-6-11;3*1-3-4-2;/h2-10H,1H3,(H,17,18);3*1,3-4H2,2H3;/q;;;;+1/p-1. The molecule has 2 nitrogen and oxygen atoms in total. The van der Waals surface area contributed by atoms with Crippen molar-refractivity contribution in [1.29, 1.82) is 0 Å². The van der Waals surface area contributed by atoms with Crippen molar-refractivity contribution in [3.8, 4) is 11.1 Å². The molecule has 0 heterocycles. The predicted octanol–water partition coefficient (Wildman–Crippen LogP) is 8.49. The Bertz CT molecular complexity index is 784. The number of benzene rings is 2. The van der Waals surface area contributed by atoms with Gasteiger partial charge in [-0.3, -0.25) is 0 Å². The SMILES string of the molecule is CCC[CH2][Sn]([CH2]CCC)([CH2]CCC)[O]C(=O)C(C)c1ccc(-c2ccccc2)c(F)c1. The summed E-state index contributed by atoms with van der Waals surface area (Å²) in [6.45, 7) is 8.47. The third-order valence-corrected chi connectivity index (χ3v) is 18.8. The Morgan fingerprint density at radius 3 is 1.94 bits per heavy atom. The van der Waals surface area contributed by atoms with E-state index in [1.807, 2.05) is 43.3 Å². The predicted molar refractivity (Wildman–Crippen MR) is 131 cm³/mol. The molecule has 1 unspecified atom stereocenters. The zero-order valence-corrected chi connectivity index (χ0v) is 22.6. The van der Waals surface area contributed by atoms with Crippen LogP contribution >= 0.6 is 0 Å². The van der Waals surface area contributed by atoms with Crippen LogP contribution in [-0.2, 0) is 7.87 Å². The molecular formula is C27H39FO2Sn. The van der Waals surface area contributed by atoms with Gasteiger partial charge in [-0.05, 0) is 0 Å². The van der Waals surface area contributed by atoms with E-state index in [1.165, 1.54) is 6.07 Å². The summed E-state index contributed by atoms with van der Waals surface area (Å²) < 4.78 is 24.7. The van der Waals surface area contributed by atoms with E-state index in [2.05, 4.69) is 20.8 Å². The summed E-state index contributed by atoms with van der Waals surface area (Å²) in [5.41, 5.74) is 2.10. The number of hydrogen-bond donors (Lipinski definition) is 0. The molecule has 0 amide bonds. The molecule has 4 heteroatoms.